The minimum atomic E-state index is -3.99. The van der Waals surface area contributed by atoms with Gasteiger partial charge in [0.05, 0.1) is 17.9 Å². The number of fused-ring (bicyclic) bond motifs is 3. The molecule has 4 N–H and O–H groups in total. The highest BCUT2D eigenvalue weighted by atomic mass is 32.2. The maximum Gasteiger partial charge on any atom is 0.405 e. The number of sulfonamides is 1. The van der Waals surface area contributed by atoms with Crippen molar-refractivity contribution in [2.45, 2.75) is 101 Å². The molecule has 0 spiro atoms. The van der Waals surface area contributed by atoms with Crippen molar-refractivity contribution in [2.75, 3.05) is 13.2 Å². The van der Waals surface area contributed by atoms with Crippen LogP contribution in [0, 0.1) is 17.8 Å². The third-order valence-electron chi connectivity index (χ3n) is 10.8. The summed E-state index contributed by atoms with van der Waals surface area (Å²) in [6.45, 7) is 7.76. The van der Waals surface area contributed by atoms with E-state index in [1.165, 1.54) is 4.90 Å². The fraction of sp³-hybridized carbons (Fsp3) is 0.583. The summed E-state index contributed by atoms with van der Waals surface area (Å²) >= 11 is 0. The molecule has 276 valence electrons. The molecule has 1 unspecified atom stereocenters. The zero-order chi connectivity index (χ0) is 36.7. The van der Waals surface area contributed by atoms with Crippen molar-refractivity contribution in [3.05, 3.63) is 42.6 Å². The Bertz CT molecular complexity index is 1850. The number of carbonyl (C=O) groups excluding carboxylic acids is 3. The van der Waals surface area contributed by atoms with Gasteiger partial charge in [-0.05, 0) is 93.9 Å². The predicted octanol–water partition coefficient (Wildman–Crippen LogP) is 3.50. The van der Waals surface area contributed by atoms with Crippen molar-refractivity contribution in [1.82, 2.24) is 25.2 Å². The molecular weight excluding hydrogens is 678 g/mol. The Hall–Kier alpha value is -4.40. The van der Waals surface area contributed by atoms with E-state index in [1.54, 1.807) is 19.2 Å². The van der Waals surface area contributed by atoms with Crippen LogP contribution in [0.1, 0.15) is 72.6 Å². The molecule has 6 rings (SSSR count). The maximum atomic E-state index is 14.3. The van der Waals surface area contributed by atoms with E-state index in [1.807, 2.05) is 51.1 Å². The third-order valence-corrected chi connectivity index (χ3v) is 13.0. The van der Waals surface area contributed by atoms with Crippen molar-refractivity contribution < 1.29 is 42.2 Å². The fourth-order valence-electron chi connectivity index (χ4n) is 7.37. The first kappa shape index (κ1) is 36.4. The largest absolute Gasteiger partial charge is 0.494 e. The molecule has 15 heteroatoms. The summed E-state index contributed by atoms with van der Waals surface area (Å²) < 4.78 is 39.4. The van der Waals surface area contributed by atoms with Gasteiger partial charge in [0, 0.05) is 23.9 Å². The Morgan fingerprint density at radius 2 is 1.92 bits per heavy atom. The third kappa shape index (κ3) is 7.49. The Balaban J connectivity index is 1.33. The van der Waals surface area contributed by atoms with E-state index >= 15 is 0 Å². The van der Waals surface area contributed by atoms with Gasteiger partial charge in [0.25, 0.3) is 5.91 Å². The molecule has 14 nitrogen and oxygen atoms in total. The molecule has 0 bridgehead atoms. The number of ether oxygens (including phenoxy) is 2. The lowest BCUT2D eigenvalue weighted by Crippen LogP contribution is -2.59. The van der Waals surface area contributed by atoms with E-state index in [9.17, 15) is 32.7 Å². The number of nitrogens with one attached hydrogen (secondary N) is 3. The maximum absolute atomic E-state index is 14.3. The molecule has 0 radical (unpaired) electrons. The molecule has 2 saturated carbocycles. The standard InChI is InChI=1S/C36H47N5O9S/c1-5-49-25-10-11-27-23(17-25)12-15-37-31(27)50-26-18-28-30(42)39-36(33(44)40-51(47,48)35(4)13-14-35)19-24(36)9-7-6-8-21(2)16-22(3)29(38-34(45)46)32(43)41(28)20-26/h7,9-12,15,17,21-22,24,26,28-29,38H,5-6,8,13-14,16,18-20H2,1-4H3,(H,39,42)(H,40,44)(H,45,46)/b9-7-/t21-,22+,24+,26+,28-,29-,36?/m0/s1. The minimum Gasteiger partial charge on any atom is -0.494 e. The number of rotatable bonds is 8. The summed E-state index contributed by atoms with van der Waals surface area (Å²) in [4.78, 5) is 60.1. The first-order valence-electron chi connectivity index (χ1n) is 17.7. The number of aromatic nitrogens is 1. The van der Waals surface area contributed by atoms with Crippen LogP contribution in [0.25, 0.3) is 10.8 Å². The summed E-state index contributed by atoms with van der Waals surface area (Å²) in [5.74, 6) is -1.81. The van der Waals surface area contributed by atoms with Crippen molar-refractivity contribution >= 4 is 44.6 Å². The van der Waals surface area contributed by atoms with Crippen LogP contribution in [0.3, 0.4) is 0 Å². The lowest BCUT2D eigenvalue weighted by molar-refractivity contribution is -0.142. The van der Waals surface area contributed by atoms with Gasteiger partial charge in [0.1, 0.15) is 29.5 Å². The number of carbonyl (C=O) groups is 4. The summed E-state index contributed by atoms with van der Waals surface area (Å²) in [5.41, 5.74) is -1.53. The van der Waals surface area contributed by atoms with E-state index in [-0.39, 0.29) is 25.3 Å². The molecule has 1 saturated heterocycles. The predicted molar refractivity (Wildman–Crippen MR) is 187 cm³/mol. The van der Waals surface area contributed by atoms with Crippen LogP contribution in [0.5, 0.6) is 11.6 Å². The normalized spacial score (nSPS) is 31.2. The van der Waals surface area contributed by atoms with E-state index in [2.05, 4.69) is 20.3 Å². The number of benzene rings is 1. The first-order valence-corrected chi connectivity index (χ1v) is 19.2. The van der Waals surface area contributed by atoms with E-state index < -0.39 is 74.1 Å². The number of pyridine rings is 1. The van der Waals surface area contributed by atoms with Crippen LogP contribution in [0.4, 0.5) is 4.79 Å². The zero-order valence-corrected chi connectivity index (χ0v) is 30.2. The van der Waals surface area contributed by atoms with Crippen LogP contribution in [0.2, 0.25) is 0 Å². The number of hydrogen-bond acceptors (Lipinski definition) is 9. The van der Waals surface area contributed by atoms with Gasteiger partial charge < -0.3 is 30.1 Å². The molecule has 1 aromatic carbocycles. The van der Waals surface area contributed by atoms with Gasteiger partial charge in [-0.25, -0.2) is 18.2 Å². The monoisotopic (exact) mass is 725 g/mol. The molecule has 4 aliphatic rings. The molecule has 2 aromatic rings. The number of carboxylic acid groups (broad SMARTS) is 1. The second-order valence-electron chi connectivity index (χ2n) is 14.8. The molecule has 1 aromatic heterocycles. The van der Waals surface area contributed by atoms with Crippen molar-refractivity contribution in [3.63, 3.8) is 0 Å². The Labute approximate surface area is 297 Å². The van der Waals surface area contributed by atoms with Gasteiger partial charge in [-0.15, -0.1) is 0 Å². The van der Waals surface area contributed by atoms with Gasteiger partial charge in [-0.1, -0.05) is 26.0 Å². The van der Waals surface area contributed by atoms with Crippen LogP contribution in [0.15, 0.2) is 42.6 Å². The molecule has 4 amide bonds. The van der Waals surface area contributed by atoms with Crippen molar-refractivity contribution in [1.29, 1.82) is 0 Å². The topological polar surface area (TPSA) is 193 Å². The smallest absolute Gasteiger partial charge is 0.405 e. The lowest BCUT2D eigenvalue weighted by Gasteiger charge is -2.32. The molecule has 3 heterocycles. The van der Waals surface area contributed by atoms with Crippen LogP contribution in [-0.4, -0.2) is 88.8 Å². The average molecular weight is 726 g/mol. The number of amides is 4. The SMILES string of the molecule is CCOc1ccc2c(O[C@@H]3C[C@H]4C(=O)NC5(C(=O)NS(=O)(=O)C6(C)CC6)C[C@H]5/C=C\CC[C@H](C)C[C@@H](C)[C@H](NC(=O)O)C(=O)N4C3)nccc2c1. The molecule has 3 fully saturated rings. The van der Waals surface area contributed by atoms with Gasteiger partial charge in [0.15, 0.2) is 0 Å². The highest BCUT2D eigenvalue weighted by molar-refractivity contribution is 7.91. The van der Waals surface area contributed by atoms with Crippen LogP contribution >= 0.6 is 0 Å². The van der Waals surface area contributed by atoms with E-state index in [4.69, 9.17) is 9.47 Å². The van der Waals surface area contributed by atoms with Gasteiger partial charge in [0.2, 0.25) is 27.7 Å². The van der Waals surface area contributed by atoms with Crippen molar-refractivity contribution in [3.8, 4) is 11.6 Å². The van der Waals surface area contributed by atoms with Crippen LogP contribution in [-0.2, 0) is 24.4 Å². The Morgan fingerprint density at radius 3 is 2.63 bits per heavy atom. The summed E-state index contributed by atoms with van der Waals surface area (Å²) in [6.07, 6.45) is 6.30. The molecular formula is C36H47N5O9S. The molecule has 51 heavy (non-hydrogen) atoms. The molecule has 2 aliphatic carbocycles. The van der Waals surface area contributed by atoms with Gasteiger partial charge in [-0.3, -0.25) is 19.1 Å². The Morgan fingerprint density at radius 1 is 1.16 bits per heavy atom. The van der Waals surface area contributed by atoms with Crippen molar-refractivity contribution in [2.24, 2.45) is 17.8 Å². The van der Waals surface area contributed by atoms with E-state index in [0.29, 0.717) is 49.3 Å². The summed E-state index contributed by atoms with van der Waals surface area (Å²) in [7, 11) is -3.99. The first-order chi connectivity index (χ1) is 24.2. The second-order valence-corrected chi connectivity index (χ2v) is 17.0. The number of hydrogen-bond donors (Lipinski definition) is 4. The van der Waals surface area contributed by atoms with Gasteiger partial charge in [-0.2, -0.15) is 0 Å². The zero-order valence-electron chi connectivity index (χ0n) is 29.4. The Kier molecular flexibility index (Phi) is 9.96. The van der Waals surface area contributed by atoms with Gasteiger partial charge >= 0.3 is 6.09 Å². The molecule has 7 atom stereocenters. The van der Waals surface area contributed by atoms with Crippen LogP contribution < -0.4 is 24.8 Å². The summed E-state index contributed by atoms with van der Waals surface area (Å²) in [6, 6.07) is 5.01. The molecule has 2 aliphatic heterocycles. The van der Waals surface area contributed by atoms with E-state index in [0.717, 1.165) is 11.8 Å². The average Bonchev–Trinajstić information content (AvgIpc) is 3.95. The fourth-order valence-corrected chi connectivity index (χ4v) is 8.68. The summed E-state index contributed by atoms with van der Waals surface area (Å²) in [5, 5.41) is 16.5. The number of allylic oxidation sites excluding steroid dienone is 1. The number of nitrogens with zero attached hydrogens (tertiary/aromatic N) is 2. The quantitative estimate of drug-likeness (QED) is 0.293. The minimum absolute atomic E-state index is 0.0197. The highest BCUT2D eigenvalue weighted by Gasteiger charge is 2.63. The lowest BCUT2D eigenvalue weighted by atomic mass is 9.88. The second kappa shape index (κ2) is 14.0. The highest BCUT2D eigenvalue weighted by Crippen LogP contribution is 2.47.